The van der Waals surface area contributed by atoms with Crippen molar-refractivity contribution >= 4 is 5.91 Å². The van der Waals surface area contributed by atoms with Crippen molar-refractivity contribution in [3.05, 3.63) is 101 Å². The van der Waals surface area contributed by atoms with Crippen molar-refractivity contribution < 1.29 is 4.79 Å². The molecule has 2 aromatic carbocycles. The van der Waals surface area contributed by atoms with Crippen LogP contribution in [-0.4, -0.2) is 22.3 Å². The van der Waals surface area contributed by atoms with Gasteiger partial charge >= 0.3 is 0 Å². The SMILES string of the molecule is O=C(CCc1ccccc1)N1CCC[C@@H]1c1cccc(Cc2ccccc2)n1. The van der Waals surface area contributed by atoms with E-state index in [1.165, 1.54) is 11.1 Å². The van der Waals surface area contributed by atoms with Gasteiger partial charge in [0.15, 0.2) is 0 Å². The quantitative estimate of drug-likeness (QED) is 0.614. The second kappa shape index (κ2) is 8.83. The van der Waals surface area contributed by atoms with Crippen LogP contribution in [0.1, 0.15) is 47.8 Å². The maximum atomic E-state index is 12.9. The van der Waals surface area contributed by atoms with Gasteiger partial charge in [0.25, 0.3) is 0 Å². The van der Waals surface area contributed by atoms with E-state index in [-0.39, 0.29) is 11.9 Å². The fourth-order valence-corrected chi connectivity index (χ4v) is 4.00. The standard InChI is InChI=1S/C25H26N2O/c28-25(17-16-20-9-3-1-4-10-20)27-18-8-15-24(27)23-14-7-13-22(26-23)19-21-11-5-2-6-12-21/h1-7,9-14,24H,8,15-19H2/t24-/m1/s1. The molecule has 3 aromatic rings. The van der Waals surface area contributed by atoms with Crippen molar-refractivity contribution in [3.8, 4) is 0 Å². The Bertz CT molecular complexity index is 908. The molecular formula is C25H26N2O. The summed E-state index contributed by atoms with van der Waals surface area (Å²) in [6, 6.07) is 27.0. The van der Waals surface area contributed by atoms with Crippen LogP contribution in [0.5, 0.6) is 0 Å². The van der Waals surface area contributed by atoms with Crippen LogP contribution in [0.25, 0.3) is 0 Å². The molecule has 0 bridgehead atoms. The fourth-order valence-electron chi connectivity index (χ4n) is 4.00. The number of rotatable bonds is 6. The van der Waals surface area contributed by atoms with Crippen LogP contribution in [0.3, 0.4) is 0 Å². The van der Waals surface area contributed by atoms with Gasteiger partial charge in [0, 0.05) is 25.1 Å². The number of carbonyl (C=O) groups excluding carboxylic acids is 1. The molecule has 1 aliphatic heterocycles. The summed E-state index contributed by atoms with van der Waals surface area (Å²) in [5.74, 6) is 0.238. The second-order valence-corrected chi connectivity index (χ2v) is 7.45. The lowest BCUT2D eigenvalue weighted by atomic mass is 10.1. The van der Waals surface area contributed by atoms with Gasteiger partial charge in [-0.3, -0.25) is 9.78 Å². The normalized spacial score (nSPS) is 16.3. The molecule has 1 aliphatic rings. The zero-order chi connectivity index (χ0) is 19.2. The largest absolute Gasteiger partial charge is 0.334 e. The van der Waals surface area contributed by atoms with Gasteiger partial charge in [-0.2, -0.15) is 0 Å². The zero-order valence-electron chi connectivity index (χ0n) is 16.1. The average Bonchev–Trinajstić information content (AvgIpc) is 3.24. The van der Waals surface area contributed by atoms with Gasteiger partial charge in [-0.05, 0) is 42.5 Å². The number of pyridine rings is 1. The molecule has 0 spiro atoms. The number of hydrogen-bond acceptors (Lipinski definition) is 2. The first-order chi connectivity index (χ1) is 13.8. The van der Waals surface area contributed by atoms with Crippen LogP contribution >= 0.6 is 0 Å². The summed E-state index contributed by atoms with van der Waals surface area (Å²) in [5, 5.41) is 0. The van der Waals surface area contributed by atoms with Crippen molar-refractivity contribution in [2.45, 2.75) is 38.1 Å². The number of aryl methyl sites for hydroxylation is 1. The number of carbonyl (C=O) groups is 1. The van der Waals surface area contributed by atoms with E-state index in [4.69, 9.17) is 4.98 Å². The van der Waals surface area contributed by atoms with E-state index in [0.29, 0.717) is 6.42 Å². The molecule has 2 heterocycles. The molecule has 0 saturated carbocycles. The molecule has 0 radical (unpaired) electrons. The van der Waals surface area contributed by atoms with Gasteiger partial charge < -0.3 is 4.90 Å². The first kappa shape index (κ1) is 18.4. The molecule has 1 fully saturated rings. The van der Waals surface area contributed by atoms with E-state index in [1.54, 1.807) is 0 Å². The highest BCUT2D eigenvalue weighted by atomic mass is 16.2. The summed E-state index contributed by atoms with van der Waals surface area (Å²) < 4.78 is 0. The van der Waals surface area contributed by atoms with E-state index in [9.17, 15) is 4.79 Å². The van der Waals surface area contributed by atoms with Crippen LogP contribution < -0.4 is 0 Å². The Balaban J connectivity index is 1.44. The number of nitrogens with zero attached hydrogens (tertiary/aromatic N) is 2. The van der Waals surface area contributed by atoms with E-state index < -0.39 is 0 Å². The Kier molecular flexibility index (Phi) is 5.81. The van der Waals surface area contributed by atoms with Gasteiger partial charge in [-0.1, -0.05) is 66.7 Å². The van der Waals surface area contributed by atoms with E-state index >= 15 is 0 Å². The monoisotopic (exact) mass is 370 g/mol. The lowest BCUT2D eigenvalue weighted by Gasteiger charge is -2.25. The average molecular weight is 370 g/mol. The third kappa shape index (κ3) is 4.48. The van der Waals surface area contributed by atoms with Crippen LogP contribution in [0.4, 0.5) is 0 Å². The lowest BCUT2D eigenvalue weighted by Crippen LogP contribution is -2.31. The topological polar surface area (TPSA) is 33.2 Å². The Morgan fingerprint density at radius 1 is 0.893 bits per heavy atom. The Hall–Kier alpha value is -2.94. The first-order valence-corrected chi connectivity index (χ1v) is 10.1. The lowest BCUT2D eigenvalue weighted by molar-refractivity contribution is -0.132. The molecule has 1 saturated heterocycles. The predicted octanol–water partition coefficient (Wildman–Crippen LogP) is 4.97. The van der Waals surface area contributed by atoms with Crippen LogP contribution in [0, 0.1) is 0 Å². The van der Waals surface area contributed by atoms with Gasteiger partial charge in [0.2, 0.25) is 5.91 Å². The van der Waals surface area contributed by atoms with Crippen LogP contribution in [0.2, 0.25) is 0 Å². The highest BCUT2D eigenvalue weighted by Crippen LogP contribution is 2.31. The Morgan fingerprint density at radius 2 is 1.61 bits per heavy atom. The molecule has 0 aliphatic carbocycles. The second-order valence-electron chi connectivity index (χ2n) is 7.45. The van der Waals surface area contributed by atoms with Crippen LogP contribution in [0.15, 0.2) is 78.9 Å². The molecule has 1 amide bonds. The van der Waals surface area contributed by atoms with Gasteiger partial charge in [-0.25, -0.2) is 0 Å². The van der Waals surface area contributed by atoms with Crippen molar-refractivity contribution in [1.82, 2.24) is 9.88 Å². The minimum atomic E-state index is 0.110. The molecule has 3 heteroatoms. The third-order valence-corrected chi connectivity index (χ3v) is 5.44. The molecule has 0 N–H and O–H groups in total. The highest BCUT2D eigenvalue weighted by molar-refractivity contribution is 5.77. The Morgan fingerprint density at radius 3 is 2.36 bits per heavy atom. The summed E-state index contributed by atoms with van der Waals surface area (Å²) in [7, 11) is 0. The maximum Gasteiger partial charge on any atom is 0.223 e. The van der Waals surface area contributed by atoms with Crippen molar-refractivity contribution in [2.24, 2.45) is 0 Å². The van der Waals surface area contributed by atoms with Gasteiger partial charge in [0.1, 0.15) is 0 Å². The van der Waals surface area contributed by atoms with E-state index in [1.807, 2.05) is 29.2 Å². The van der Waals surface area contributed by atoms with Crippen molar-refractivity contribution in [1.29, 1.82) is 0 Å². The molecular weight excluding hydrogens is 344 g/mol. The predicted molar refractivity (Wildman–Crippen MR) is 112 cm³/mol. The molecule has 1 atom stereocenters. The number of likely N-dealkylation sites (tertiary alicyclic amines) is 1. The molecule has 1 aromatic heterocycles. The van der Waals surface area contributed by atoms with E-state index in [2.05, 4.69) is 54.6 Å². The smallest absolute Gasteiger partial charge is 0.223 e. The molecule has 3 nitrogen and oxygen atoms in total. The maximum absolute atomic E-state index is 12.9. The number of hydrogen-bond donors (Lipinski definition) is 0. The summed E-state index contributed by atoms with van der Waals surface area (Å²) >= 11 is 0. The molecule has 4 rings (SSSR count). The van der Waals surface area contributed by atoms with Gasteiger partial charge in [0.05, 0.1) is 11.7 Å². The molecule has 142 valence electrons. The summed E-state index contributed by atoms with van der Waals surface area (Å²) in [6.07, 6.45) is 4.23. The summed E-state index contributed by atoms with van der Waals surface area (Å²) in [4.78, 5) is 19.8. The minimum absolute atomic E-state index is 0.110. The van der Waals surface area contributed by atoms with Crippen LogP contribution in [-0.2, 0) is 17.6 Å². The molecule has 0 unspecified atom stereocenters. The summed E-state index contributed by atoms with van der Waals surface area (Å²) in [6.45, 7) is 0.836. The fraction of sp³-hybridized carbons (Fsp3) is 0.280. The summed E-state index contributed by atoms with van der Waals surface area (Å²) in [5.41, 5.74) is 4.57. The minimum Gasteiger partial charge on any atom is -0.334 e. The van der Waals surface area contributed by atoms with Crippen molar-refractivity contribution in [2.75, 3.05) is 6.54 Å². The van der Waals surface area contributed by atoms with Gasteiger partial charge in [-0.15, -0.1) is 0 Å². The Labute approximate surface area is 167 Å². The molecule has 28 heavy (non-hydrogen) atoms. The number of benzene rings is 2. The zero-order valence-corrected chi connectivity index (χ0v) is 16.1. The number of amides is 1. The number of aromatic nitrogens is 1. The first-order valence-electron chi connectivity index (χ1n) is 10.1. The third-order valence-electron chi connectivity index (χ3n) is 5.44. The van der Waals surface area contributed by atoms with Crippen molar-refractivity contribution in [3.63, 3.8) is 0 Å². The highest BCUT2D eigenvalue weighted by Gasteiger charge is 2.30. The van der Waals surface area contributed by atoms with E-state index in [0.717, 1.165) is 43.6 Å².